The summed E-state index contributed by atoms with van der Waals surface area (Å²) in [5.74, 6) is 0. The van der Waals surface area contributed by atoms with E-state index in [0.717, 1.165) is 0 Å². The maximum absolute atomic E-state index is 11.1. The van der Waals surface area contributed by atoms with Gasteiger partial charge in [-0.25, -0.2) is 9.59 Å². The first kappa shape index (κ1) is 11.7. The number of carboxylic acid groups (broad SMARTS) is 2. The zero-order valence-corrected chi connectivity index (χ0v) is 9.15. The number of amides is 2. The number of hydrogen-bond acceptors (Lipinski definition) is 3. The van der Waals surface area contributed by atoms with E-state index >= 15 is 0 Å². The van der Waals surface area contributed by atoms with Crippen LogP contribution >= 0.6 is 0 Å². The summed E-state index contributed by atoms with van der Waals surface area (Å²) in [7, 11) is 0. The van der Waals surface area contributed by atoms with E-state index in [0.29, 0.717) is 19.1 Å². The van der Waals surface area contributed by atoms with Crippen LogP contribution in [0.2, 0.25) is 0 Å². The number of rotatable bonds is 2. The smallest absolute Gasteiger partial charge is 0.407 e. The summed E-state index contributed by atoms with van der Waals surface area (Å²) in [4.78, 5) is 35.3. The molecule has 0 aromatic rings. The van der Waals surface area contributed by atoms with E-state index in [-0.39, 0.29) is 25.0 Å². The molecule has 7 nitrogen and oxygen atoms in total. The van der Waals surface area contributed by atoms with Gasteiger partial charge in [-0.15, -0.1) is 0 Å². The third-order valence-electron chi connectivity index (χ3n) is 3.60. The zero-order chi connectivity index (χ0) is 12.6. The molecule has 0 radical (unpaired) electrons. The van der Waals surface area contributed by atoms with E-state index in [1.165, 1.54) is 9.80 Å². The molecule has 0 saturated carbocycles. The molecule has 0 aliphatic carbocycles. The van der Waals surface area contributed by atoms with Crippen molar-refractivity contribution in [3.8, 4) is 0 Å². The summed E-state index contributed by atoms with van der Waals surface area (Å²) >= 11 is 0. The van der Waals surface area contributed by atoms with Crippen LogP contribution in [0, 0.1) is 0 Å². The van der Waals surface area contributed by atoms with Gasteiger partial charge in [0.05, 0.1) is 18.1 Å². The fraction of sp³-hybridized carbons (Fsp3) is 0.700. The second-order valence-electron chi connectivity index (χ2n) is 4.39. The molecule has 94 valence electrons. The quantitative estimate of drug-likeness (QED) is 0.685. The average Bonchev–Trinajstić information content (AvgIpc) is 2.58. The Bertz CT molecular complexity index is 359. The van der Waals surface area contributed by atoms with Crippen molar-refractivity contribution in [1.82, 2.24) is 9.80 Å². The summed E-state index contributed by atoms with van der Waals surface area (Å²) in [6.07, 6.45) is -0.125. The Morgan fingerprint density at radius 3 is 2.47 bits per heavy atom. The van der Waals surface area contributed by atoms with Gasteiger partial charge in [-0.1, -0.05) is 0 Å². The Morgan fingerprint density at radius 2 is 1.94 bits per heavy atom. The first-order valence-corrected chi connectivity index (χ1v) is 5.50. The maximum Gasteiger partial charge on any atom is 0.407 e. The Morgan fingerprint density at radius 1 is 1.24 bits per heavy atom. The van der Waals surface area contributed by atoms with Crippen molar-refractivity contribution in [2.45, 2.75) is 37.4 Å². The van der Waals surface area contributed by atoms with E-state index in [9.17, 15) is 14.4 Å². The van der Waals surface area contributed by atoms with Crippen molar-refractivity contribution in [2.24, 2.45) is 0 Å². The number of aldehydes is 1. The van der Waals surface area contributed by atoms with Crippen molar-refractivity contribution in [1.29, 1.82) is 0 Å². The van der Waals surface area contributed by atoms with Crippen molar-refractivity contribution in [2.75, 3.05) is 6.54 Å². The molecule has 2 aliphatic rings. The van der Waals surface area contributed by atoms with Gasteiger partial charge < -0.3 is 19.9 Å². The van der Waals surface area contributed by atoms with Gasteiger partial charge in [0.2, 0.25) is 0 Å². The molecule has 17 heavy (non-hydrogen) atoms. The third kappa shape index (κ3) is 1.81. The lowest BCUT2D eigenvalue weighted by Gasteiger charge is -2.43. The summed E-state index contributed by atoms with van der Waals surface area (Å²) in [6, 6.07) is -1.19. The largest absolute Gasteiger partial charge is 0.465 e. The van der Waals surface area contributed by atoms with Crippen LogP contribution in [-0.4, -0.2) is 63.2 Å². The highest BCUT2D eigenvalue weighted by atomic mass is 16.4. The predicted molar refractivity (Wildman–Crippen MR) is 55.9 cm³/mol. The van der Waals surface area contributed by atoms with Gasteiger partial charge >= 0.3 is 12.2 Å². The monoisotopic (exact) mass is 242 g/mol. The minimum Gasteiger partial charge on any atom is -0.465 e. The number of likely N-dealkylation sites (tertiary alicyclic amines) is 1. The SMILES string of the molecule is O=CC[C@@H]1[C@@H]2CC[C@H](CN1C(=O)O)N2C(=O)O. The molecule has 2 aliphatic heterocycles. The average molecular weight is 242 g/mol. The van der Waals surface area contributed by atoms with Gasteiger partial charge in [-0.2, -0.15) is 0 Å². The number of carbonyl (C=O) groups excluding carboxylic acids is 1. The summed E-state index contributed by atoms with van der Waals surface area (Å²) in [5, 5.41) is 18.2. The van der Waals surface area contributed by atoms with Crippen molar-refractivity contribution in [3.63, 3.8) is 0 Å². The number of hydrogen-bond donors (Lipinski definition) is 2. The molecule has 2 fully saturated rings. The minimum absolute atomic E-state index is 0.0491. The van der Waals surface area contributed by atoms with E-state index in [1.807, 2.05) is 0 Å². The second kappa shape index (κ2) is 4.23. The fourth-order valence-electron chi connectivity index (χ4n) is 2.94. The number of carbonyl (C=O) groups is 3. The molecule has 0 aromatic carbocycles. The van der Waals surface area contributed by atoms with Gasteiger partial charge in [0.25, 0.3) is 0 Å². The van der Waals surface area contributed by atoms with Crippen LogP contribution in [0.15, 0.2) is 0 Å². The molecule has 0 unspecified atom stereocenters. The van der Waals surface area contributed by atoms with E-state index in [2.05, 4.69) is 0 Å². The summed E-state index contributed by atoms with van der Waals surface area (Å²) in [5.41, 5.74) is 0. The summed E-state index contributed by atoms with van der Waals surface area (Å²) < 4.78 is 0. The van der Waals surface area contributed by atoms with Crippen molar-refractivity contribution < 1.29 is 24.6 Å². The lowest BCUT2D eigenvalue weighted by molar-refractivity contribution is -0.109. The predicted octanol–water partition coefficient (Wildman–Crippen LogP) is 0.449. The molecule has 7 heteroatoms. The van der Waals surface area contributed by atoms with Crippen LogP contribution < -0.4 is 0 Å². The van der Waals surface area contributed by atoms with Crippen LogP contribution in [0.25, 0.3) is 0 Å². The van der Waals surface area contributed by atoms with Crippen LogP contribution in [0.4, 0.5) is 9.59 Å². The van der Waals surface area contributed by atoms with Gasteiger partial charge in [0.1, 0.15) is 6.29 Å². The third-order valence-corrected chi connectivity index (χ3v) is 3.60. The van der Waals surface area contributed by atoms with E-state index in [4.69, 9.17) is 10.2 Å². The molecule has 3 atom stereocenters. The first-order chi connectivity index (χ1) is 8.06. The fourth-order valence-corrected chi connectivity index (χ4v) is 2.94. The van der Waals surface area contributed by atoms with Crippen molar-refractivity contribution >= 4 is 18.5 Å². The Balaban J connectivity index is 2.26. The molecule has 2 heterocycles. The number of piperazine rings is 1. The number of nitrogens with zero attached hydrogens (tertiary/aromatic N) is 2. The normalized spacial score (nSPS) is 31.4. The lowest BCUT2D eigenvalue weighted by atomic mass is 10.0. The highest BCUT2D eigenvalue weighted by molar-refractivity contribution is 5.70. The van der Waals surface area contributed by atoms with Gasteiger partial charge in [-0.3, -0.25) is 4.90 Å². The minimum atomic E-state index is -1.08. The van der Waals surface area contributed by atoms with E-state index in [1.54, 1.807) is 0 Å². The zero-order valence-electron chi connectivity index (χ0n) is 9.15. The molecule has 2 N–H and O–H groups in total. The van der Waals surface area contributed by atoms with Crippen LogP contribution in [0.5, 0.6) is 0 Å². The van der Waals surface area contributed by atoms with E-state index < -0.39 is 18.2 Å². The Kier molecular flexibility index (Phi) is 2.91. The van der Waals surface area contributed by atoms with Crippen LogP contribution in [0.3, 0.4) is 0 Å². The van der Waals surface area contributed by atoms with Crippen LogP contribution in [-0.2, 0) is 4.79 Å². The lowest BCUT2D eigenvalue weighted by Crippen LogP contribution is -2.62. The van der Waals surface area contributed by atoms with Gasteiger partial charge in [-0.05, 0) is 12.8 Å². The molecular formula is C10H14N2O5. The summed E-state index contributed by atoms with van der Waals surface area (Å²) in [6.45, 7) is 0.163. The molecule has 2 bridgehead atoms. The molecule has 0 spiro atoms. The maximum atomic E-state index is 11.1. The standard InChI is InChI=1S/C10H14N2O5/c13-4-3-7-8-2-1-6(12(8)10(16)17)5-11(7)9(14)15/h4,6-8H,1-3,5H2,(H,14,15)(H,16,17)/t6-,7-,8+/m1/s1. The molecule has 2 saturated heterocycles. The Hall–Kier alpha value is -1.79. The first-order valence-electron chi connectivity index (χ1n) is 5.50. The highest BCUT2D eigenvalue weighted by Crippen LogP contribution is 2.35. The number of fused-ring (bicyclic) bond motifs is 2. The topological polar surface area (TPSA) is 98.2 Å². The molecule has 0 aromatic heterocycles. The van der Waals surface area contributed by atoms with Crippen molar-refractivity contribution in [3.05, 3.63) is 0 Å². The Labute approximate surface area is 97.6 Å². The van der Waals surface area contributed by atoms with Gasteiger partial charge in [0, 0.05) is 13.0 Å². The molecule has 2 amide bonds. The second-order valence-corrected chi connectivity index (χ2v) is 4.39. The molecule has 2 rings (SSSR count). The highest BCUT2D eigenvalue weighted by Gasteiger charge is 2.49. The van der Waals surface area contributed by atoms with Gasteiger partial charge in [0.15, 0.2) is 0 Å². The molecular weight excluding hydrogens is 228 g/mol. The van der Waals surface area contributed by atoms with Crippen LogP contribution in [0.1, 0.15) is 19.3 Å².